The van der Waals surface area contributed by atoms with Crippen LogP contribution >= 0.6 is 11.3 Å². The predicted octanol–water partition coefficient (Wildman–Crippen LogP) is 0.182. The van der Waals surface area contributed by atoms with E-state index < -0.39 is 11.5 Å². The lowest BCUT2D eigenvalue weighted by Crippen LogP contribution is -2.47. The Labute approximate surface area is 167 Å². The summed E-state index contributed by atoms with van der Waals surface area (Å²) in [7, 11) is 0. The van der Waals surface area contributed by atoms with Crippen molar-refractivity contribution in [2.45, 2.75) is 13.8 Å². The maximum absolute atomic E-state index is 12.4. The van der Waals surface area contributed by atoms with Gasteiger partial charge in [0.15, 0.2) is 5.49 Å². The summed E-state index contributed by atoms with van der Waals surface area (Å²) in [5.41, 5.74) is 1.25. The van der Waals surface area contributed by atoms with E-state index in [1.54, 1.807) is 24.3 Å². The molecular formula is C20H15N4O4S-. The van der Waals surface area contributed by atoms with Crippen LogP contribution in [0, 0.1) is 5.41 Å². The minimum atomic E-state index is -1.25. The number of rotatable bonds is 3. The Kier molecular flexibility index (Phi) is 4.51. The number of fused-ring (bicyclic) bond motifs is 1. The number of carboxylic acid groups (broad SMARTS) is 1. The Morgan fingerprint density at radius 1 is 1.24 bits per heavy atom. The van der Waals surface area contributed by atoms with Crippen molar-refractivity contribution in [3.8, 4) is 16.5 Å². The molecule has 9 heteroatoms. The fraction of sp³-hybridized carbons (Fsp3) is 0.100. The second-order valence-corrected chi connectivity index (χ2v) is 7.53. The molecule has 0 bridgehead atoms. The van der Waals surface area contributed by atoms with Gasteiger partial charge in [0.2, 0.25) is 5.13 Å². The number of nitrogens with zero attached hydrogens (tertiary/aromatic N) is 2. The molecule has 0 spiro atoms. The summed E-state index contributed by atoms with van der Waals surface area (Å²) in [5, 5.41) is 22.8. The van der Waals surface area contributed by atoms with Gasteiger partial charge in [0.25, 0.3) is 5.56 Å². The first-order valence-corrected chi connectivity index (χ1v) is 9.42. The largest absolute Gasteiger partial charge is 0.545 e. The first-order chi connectivity index (χ1) is 13.8. The van der Waals surface area contributed by atoms with E-state index in [0.29, 0.717) is 22.2 Å². The van der Waals surface area contributed by atoms with Crippen molar-refractivity contribution in [1.29, 1.82) is 5.41 Å². The molecule has 8 nitrogen and oxygen atoms in total. The molecule has 0 aliphatic carbocycles. The Morgan fingerprint density at radius 3 is 2.62 bits per heavy atom. The molecule has 0 saturated carbocycles. The minimum absolute atomic E-state index is 0.0139. The fourth-order valence-corrected chi connectivity index (χ4v) is 3.63. The molecule has 2 aliphatic rings. The molecule has 2 aromatic rings. The second kappa shape index (κ2) is 7.02. The molecule has 0 unspecified atom stereocenters. The van der Waals surface area contributed by atoms with Crippen LogP contribution in [0.3, 0.4) is 0 Å². The molecule has 146 valence electrons. The third-order valence-electron chi connectivity index (χ3n) is 4.28. The smallest absolute Gasteiger partial charge is 0.283 e. The average Bonchev–Trinajstić information content (AvgIpc) is 3.32. The zero-order valence-corrected chi connectivity index (χ0v) is 16.3. The van der Waals surface area contributed by atoms with Crippen LogP contribution in [0.15, 0.2) is 45.6 Å². The van der Waals surface area contributed by atoms with Crippen LogP contribution in [0.4, 0.5) is 0 Å². The van der Waals surface area contributed by atoms with Gasteiger partial charge in [0.05, 0.1) is 11.2 Å². The zero-order valence-electron chi connectivity index (χ0n) is 15.5. The summed E-state index contributed by atoms with van der Waals surface area (Å²) in [6, 6.07) is 9.45. The van der Waals surface area contributed by atoms with E-state index in [4.69, 9.17) is 9.83 Å². The molecule has 2 aliphatic heterocycles. The number of furan rings is 1. The van der Waals surface area contributed by atoms with Crippen LogP contribution in [-0.4, -0.2) is 20.7 Å². The zero-order chi connectivity index (χ0) is 20.7. The number of hydrogen-bond donors (Lipinski definition) is 2. The SMILES string of the molecule is CC(C)=c1[nH]n2c(=N)c(=Cc3ccc(-c4ccc(C(=O)[O-])cc4)o3)c(=O)nc-2s1. The lowest BCUT2D eigenvalue weighted by molar-refractivity contribution is -0.255. The number of hydrogen-bond acceptors (Lipinski definition) is 7. The number of carbonyl (C=O) groups is 1. The van der Waals surface area contributed by atoms with Gasteiger partial charge >= 0.3 is 0 Å². The van der Waals surface area contributed by atoms with Crippen molar-refractivity contribution in [3.63, 3.8) is 0 Å². The first-order valence-electron chi connectivity index (χ1n) is 8.61. The van der Waals surface area contributed by atoms with Crippen LogP contribution in [0.1, 0.15) is 30.0 Å². The highest BCUT2D eigenvalue weighted by molar-refractivity contribution is 7.11. The Hall–Kier alpha value is -3.72. The van der Waals surface area contributed by atoms with Crippen LogP contribution in [0.2, 0.25) is 0 Å². The van der Waals surface area contributed by atoms with Gasteiger partial charge in [0, 0.05) is 5.56 Å². The van der Waals surface area contributed by atoms with Crippen LogP contribution in [0.25, 0.3) is 28.1 Å². The number of aromatic nitrogens is 3. The lowest BCUT2D eigenvalue weighted by atomic mass is 10.1. The molecule has 1 aromatic heterocycles. The maximum Gasteiger partial charge on any atom is 0.283 e. The Morgan fingerprint density at radius 2 is 1.97 bits per heavy atom. The Balaban J connectivity index is 1.80. The Bertz CT molecular complexity index is 1430. The highest BCUT2D eigenvalue weighted by Crippen LogP contribution is 2.22. The van der Waals surface area contributed by atoms with Crippen molar-refractivity contribution >= 4 is 29.0 Å². The molecule has 0 atom stereocenters. The van der Waals surface area contributed by atoms with Crippen LogP contribution < -0.4 is 26.0 Å². The van der Waals surface area contributed by atoms with E-state index in [1.807, 2.05) is 13.8 Å². The number of carbonyl (C=O) groups excluding carboxylic acids is 1. The molecular weight excluding hydrogens is 392 g/mol. The first kappa shape index (κ1) is 18.6. The van der Waals surface area contributed by atoms with E-state index in [1.165, 1.54) is 34.2 Å². The fourth-order valence-electron chi connectivity index (χ4n) is 2.74. The molecule has 0 amide bonds. The quantitative estimate of drug-likeness (QED) is 0.501. The summed E-state index contributed by atoms with van der Waals surface area (Å²) in [6.45, 7) is 3.86. The monoisotopic (exact) mass is 407 g/mol. The molecule has 1 aromatic carbocycles. The number of aromatic carboxylic acids is 1. The van der Waals surface area contributed by atoms with Crippen LogP contribution in [-0.2, 0) is 0 Å². The summed E-state index contributed by atoms with van der Waals surface area (Å²) in [4.78, 5) is 27.3. The molecule has 29 heavy (non-hydrogen) atoms. The number of carboxylic acids is 1. The summed E-state index contributed by atoms with van der Waals surface area (Å²) >= 11 is 1.31. The molecule has 0 radical (unpaired) electrons. The third kappa shape index (κ3) is 3.43. The van der Waals surface area contributed by atoms with E-state index in [-0.39, 0.29) is 16.3 Å². The minimum Gasteiger partial charge on any atom is -0.545 e. The highest BCUT2D eigenvalue weighted by Gasteiger charge is 2.11. The number of aromatic amines is 1. The van der Waals surface area contributed by atoms with Crippen molar-refractivity contribution in [3.05, 3.63) is 73.4 Å². The normalized spacial score (nSPS) is 11.9. The third-order valence-corrected chi connectivity index (χ3v) is 5.44. The molecule has 0 fully saturated rings. The van der Waals surface area contributed by atoms with Gasteiger partial charge < -0.3 is 14.3 Å². The number of nitrogens with one attached hydrogen (secondary N) is 2. The standard InChI is InChI=1S/C20H16N4O4S/c1-10(2)18-23-24-16(21)14(17(25)22-20(24)29-18)9-13-7-8-15(28-13)11-3-5-12(6-4-11)19(26)27/h3-9,21,23H,1-2H3,(H,26,27)/p-1. The summed E-state index contributed by atoms with van der Waals surface area (Å²) in [6.07, 6.45) is 1.47. The maximum atomic E-state index is 12.4. The van der Waals surface area contributed by atoms with Crippen molar-refractivity contribution in [2.24, 2.45) is 0 Å². The summed E-state index contributed by atoms with van der Waals surface area (Å²) < 4.78 is 8.05. The van der Waals surface area contributed by atoms with Crippen molar-refractivity contribution in [2.75, 3.05) is 0 Å². The van der Waals surface area contributed by atoms with E-state index in [2.05, 4.69) is 10.1 Å². The molecule has 4 rings (SSSR count). The number of H-pyrrole nitrogens is 1. The van der Waals surface area contributed by atoms with E-state index >= 15 is 0 Å². The van der Waals surface area contributed by atoms with Gasteiger partial charge in [-0.15, -0.1) is 0 Å². The van der Waals surface area contributed by atoms with Crippen LogP contribution in [0.5, 0.6) is 0 Å². The summed E-state index contributed by atoms with van der Waals surface area (Å²) in [5.74, 6) is -0.368. The predicted molar refractivity (Wildman–Crippen MR) is 105 cm³/mol. The van der Waals surface area contributed by atoms with Gasteiger partial charge in [-0.25, -0.2) is 4.68 Å². The van der Waals surface area contributed by atoms with Gasteiger partial charge in [-0.3, -0.25) is 15.3 Å². The average molecular weight is 407 g/mol. The highest BCUT2D eigenvalue weighted by atomic mass is 32.1. The van der Waals surface area contributed by atoms with Gasteiger partial charge in [0.1, 0.15) is 16.2 Å². The van der Waals surface area contributed by atoms with Gasteiger partial charge in [-0.1, -0.05) is 35.6 Å². The molecule has 0 saturated heterocycles. The van der Waals surface area contributed by atoms with E-state index in [0.717, 1.165) is 10.2 Å². The van der Waals surface area contributed by atoms with Gasteiger partial charge in [-0.05, 0) is 43.2 Å². The van der Waals surface area contributed by atoms with Gasteiger partial charge in [-0.2, -0.15) is 4.98 Å². The molecule has 3 heterocycles. The van der Waals surface area contributed by atoms with E-state index in [9.17, 15) is 14.7 Å². The lowest BCUT2D eigenvalue weighted by Gasteiger charge is -2.02. The number of benzene rings is 1. The second-order valence-electron chi connectivity index (χ2n) is 6.55. The van der Waals surface area contributed by atoms with Crippen molar-refractivity contribution in [1.82, 2.24) is 14.8 Å². The molecule has 2 N–H and O–H groups in total. The topological polar surface area (TPSA) is 128 Å². The van der Waals surface area contributed by atoms with Crippen molar-refractivity contribution < 1.29 is 14.3 Å².